The number of hydrogen-bond acceptors (Lipinski definition) is 6. The number of nitrogens with one attached hydrogen (secondary N) is 3. The average molecular weight is 554 g/mol. The molecule has 186 valence electrons. The molecule has 1 amide bonds. The first-order valence-electron chi connectivity index (χ1n) is 10.5. The number of carbonyl (C=O) groups excluding carboxylic acids is 1. The maximum atomic E-state index is 13.9. The van der Waals surface area contributed by atoms with Gasteiger partial charge in [-0.3, -0.25) is 14.4 Å². The van der Waals surface area contributed by atoms with Crippen molar-refractivity contribution < 1.29 is 18.0 Å². The van der Waals surface area contributed by atoms with E-state index in [0.717, 1.165) is 22.3 Å². The molecule has 0 spiro atoms. The van der Waals surface area contributed by atoms with E-state index in [4.69, 9.17) is 23.2 Å². The summed E-state index contributed by atoms with van der Waals surface area (Å²) in [5.74, 6) is 0.195. The van der Waals surface area contributed by atoms with Crippen molar-refractivity contribution in [2.24, 2.45) is 0 Å². The van der Waals surface area contributed by atoms with Gasteiger partial charge in [-0.2, -0.15) is 13.2 Å². The molecule has 0 saturated carbocycles. The molecule has 0 aromatic heterocycles. The molecule has 34 heavy (non-hydrogen) atoms. The van der Waals surface area contributed by atoms with Crippen molar-refractivity contribution in [1.29, 1.82) is 0 Å². The molecule has 1 aliphatic rings. The molecule has 3 rings (SSSR count). The topological polar surface area (TPSA) is 56.4 Å². The Labute approximate surface area is 215 Å². The Balaban J connectivity index is 1.75. The Hall–Kier alpha value is -1.14. The molecule has 2 aromatic rings. The third-order valence-electron chi connectivity index (χ3n) is 5.19. The first-order valence-corrected chi connectivity index (χ1v) is 13.1. The molecular formula is C22H25Cl2F3N4OS2. The minimum Gasteiger partial charge on any atom is -0.348 e. The number of nitrogens with zero attached hydrogens (tertiary/aromatic N) is 1. The summed E-state index contributed by atoms with van der Waals surface area (Å²) in [6.45, 7) is 3.39. The molecule has 12 heteroatoms. The Morgan fingerprint density at radius 1 is 1.21 bits per heavy atom. The van der Waals surface area contributed by atoms with Gasteiger partial charge in [0.1, 0.15) is 0 Å². The smallest absolute Gasteiger partial charge is 0.348 e. The summed E-state index contributed by atoms with van der Waals surface area (Å²) in [5.41, 5.74) is -0.261. The van der Waals surface area contributed by atoms with Gasteiger partial charge in [0, 0.05) is 64.9 Å². The van der Waals surface area contributed by atoms with Crippen molar-refractivity contribution in [3.8, 4) is 0 Å². The predicted octanol–water partition coefficient (Wildman–Crippen LogP) is 5.61. The van der Waals surface area contributed by atoms with Crippen LogP contribution in [0.2, 0.25) is 10.0 Å². The Morgan fingerprint density at radius 3 is 2.59 bits per heavy atom. The summed E-state index contributed by atoms with van der Waals surface area (Å²) in [6.07, 6.45) is -4.64. The highest BCUT2D eigenvalue weighted by Crippen LogP contribution is 2.37. The molecule has 0 atom stereocenters. The van der Waals surface area contributed by atoms with Crippen LogP contribution in [0.3, 0.4) is 0 Å². The zero-order valence-electron chi connectivity index (χ0n) is 18.6. The molecule has 0 bridgehead atoms. The first kappa shape index (κ1) is 27.4. The highest BCUT2D eigenvalue weighted by Gasteiger charge is 2.37. The number of benzene rings is 2. The molecule has 1 heterocycles. The molecule has 0 aliphatic carbocycles. The van der Waals surface area contributed by atoms with Crippen molar-refractivity contribution in [2.45, 2.75) is 37.1 Å². The van der Waals surface area contributed by atoms with E-state index in [1.807, 2.05) is 17.9 Å². The van der Waals surface area contributed by atoms with Crippen LogP contribution in [0.25, 0.3) is 0 Å². The monoisotopic (exact) mass is 552 g/mol. The molecule has 5 nitrogen and oxygen atoms in total. The van der Waals surface area contributed by atoms with Crippen LogP contribution in [0.4, 0.5) is 13.2 Å². The normalized spacial score (nSPS) is 14.8. The lowest BCUT2D eigenvalue weighted by atomic mass is 10.00. The van der Waals surface area contributed by atoms with Crippen LogP contribution >= 0.6 is 47.1 Å². The van der Waals surface area contributed by atoms with Gasteiger partial charge in [-0.15, -0.1) is 11.8 Å². The largest absolute Gasteiger partial charge is 0.416 e. The van der Waals surface area contributed by atoms with Crippen molar-refractivity contribution in [3.05, 3.63) is 62.6 Å². The van der Waals surface area contributed by atoms with Crippen LogP contribution in [-0.2, 0) is 19.3 Å². The van der Waals surface area contributed by atoms with Gasteiger partial charge < -0.3 is 5.32 Å². The number of halogens is 5. The highest BCUT2D eigenvalue weighted by atomic mass is 35.5. The summed E-state index contributed by atoms with van der Waals surface area (Å²) in [4.78, 5) is 15.6. The number of likely N-dealkylation sites (tertiary alicyclic amines) is 1. The maximum absolute atomic E-state index is 13.9. The summed E-state index contributed by atoms with van der Waals surface area (Å²) in [6, 6.07) is 7.71. The van der Waals surface area contributed by atoms with Gasteiger partial charge in [-0.1, -0.05) is 30.1 Å². The number of thioether (sulfide) groups is 1. The fourth-order valence-electron chi connectivity index (χ4n) is 3.58. The van der Waals surface area contributed by atoms with E-state index in [-0.39, 0.29) is 35.3 Å². The molecule has 0 radical (unpaired) electrons. The zero-order valence-corrected chi connectivity index (χ0v) is 21.7. The minimum absolute atomic E-state index is 0.0260. The van der Waals surface area contributed by atoms with Crippen LogP contribution in [0.5, 0.6) is 0 Å². The van der Waals surface area contributed by atoms with E-state index < -0.39 is 17.6 Å². The molecule has 1 saturated heterocycles. The summed E-state index contributed by atoms with van der Waals surface area (Å²) in [7, 11) is 1.78. The first-order chi connectivity index (χ1) is 16.1. The number of alkyl halides is 3. The molecule has 2 aromatic carbocycles. The van der Waals surface area contributed by atoms with Gasteiger partial charge in [0.2, 0.25) is 0 Å². The Bertz CT molecular complexity index is 1020. The van der Waals surface area contributed by atoms with E-state index in [9.17, 15) is 18.0 Å². The van der Waals surface area contributed by atoms with Crippen LogP contribution in [0, 0.1) is 0 Å². The van der Waals surface area contributed by atoms with Gasteiger partial charge in [-0.25, -0.2) is 4.72 Å². The van der Waals surface area contributed by atoms with Crippen molar-refractivity contribution in [1.82, 2.24) is 19.7 Å². The van der Waals surface area contributed by atoms with Crippen molar-refractivity contribution >= 4 is 53.0 Å². The molecule has 0 unspecified atom stereocenters. The second-order valence-corrected chi connectivity index (χ2v) is 10.7. The second-order valence-electron chi connectivity index (χ2n) is 7.66. The molecule has 3 N–H and O–H groups in total. The quantitative estimate of drug-likeness (QED) is 0.263. The summed E-state index contributed by atoms with van der Waals surface area (Å²) in [5, 5.41) is 3.13. The lowest BCUT2D eigenvalue weighted by Crippen LogP contribution is -2.56. The van der Waals surface area contributed by atoms with E-state index in [1.165, 1.54) is 18.2 Å². The van der Waals surface area contributed by atoms with Gasteiger partial charge in [0.05, 0.1) is 5.56 Å². The fourth-order valence-corrected chi connectivity index (χ4v) is 5.28. The maximum Gasteiger partial charge on any atom is 0.416 e. The van der Waals surface area contributed by atoms with E-state index in [0.29, 0.717) is 18.1 Å². The van der Waals surface area contributed by atoms with E-state index in [2.05, 4.69) is 14.8 Å². The Kier molecular flexibility index (Phi) is 9.85. The fraction of sp³-hybridized carbons (Fsp3) is 0.409. The highest BCUT2D eigenvalue weighted by molar-refractivity contribution is 7.99. The number of hydrogen-bond donors (Lipinski definition) is 3. The third kappa shape index (κ3) is 7.19. The lowest BCUT2D eigenvalue weighted by Gasteiger charge is -2.39. The predicted molar refractivity (Wildman–Crippen MR) is 134 cm³/mol. The standard InChI is InChI=1S/C22H25Cl2F3N4OS2/c1-3-33-20-5-4-15(23)6-14(20)9-29-21(32)13-7-18(22(25,26)27)17(19(24)8-13)12-31-10-16(11-31)30-34-28-2/h4-8,16,28,30H,3,9-12H2,1-2H3,(H,29,32). The lowest BCUT2D eigenvalue weighted by molar-refractivity contribution is -0.138. The van der Waals surface area contributed by atoms with Crippen LogP contribution in [0.1, 0.15) is 34.0 Å². The zero-order chi connectivity index (χ0) is 24.9. The SMILES string of the molecule is CCSc1ccc(Cl)cc1CNC(=O)c1cc(Cl)c(CN2CC(NSNC)C2)c(C(F)(F)F)c1. The van der Waals surface area contributed by atoms with E-state index >= 15 is 0 Å². The third-order valence-corrected chi connectivity index (χ3v) is 7.42. The number of carbonyl (C=O) groups is 1. The average Bonchev–Trinajstić information content (AvgIpc) is 2.75. The van der Waals surface area contributed by atoms with Crippen molar-refractivity contribution in [3.63, 3.8) is 0 Å². The van der Waals surface area contributed by atoms with Crippen LogP contribution < -0.4 is 14.8 Å². The van der Waals surface area contributed by atoms with Gasteiger partial charge in [-0.05, 0) is 54.3 Å². The summed E-state index contributed by atoms with van der Waals surface area (Å²) >= 11 is 15.3. The van der Waals surface area contributed by atoms with Gasteiger partial charge in [0.15, 0.2) is 0 Å². The van der Waals surface area contributed by atoms with Crippen molar-refractivity contribution in [2.75, 3.05) is 25.9 Å². The molecule has 1 aliphatic heterocycles. The molecule has 1 fully saturated rings. The number of amides is 1. The molecular weight excluding hydrogens is 528 g/mol. The van der Waals surface area contributed by atoms with Crippen LogP contribution in [-0.4, -0.2) is 42.7 Å². The second kappa shape index (κ2) is 12.2. The minimum atomic E-state index is -4.64. The Morgan fingerprint density at radius 2 is 1.94 bits per heavy atom. The van der Waals surface area contributed by atoms with Crippen LogP contribution in [0.15, 0.2) is 35.2 Å². The van der Waals surface area contributed by atoms with Gasteiger partial charge in [0.25, 0.3) is 5.91 Å². The van der Waals surface area contributed by atoms with Gasteiger partial charge >= 0.3 is 6.18 Å². The van der Waals surface area contributed by atoms with E-state index in [1.54, 1.807) is 30.9 Å². The summed E-state index contributed by atoms with van der Waals surface area (Å²) < 4.78 is 47.7. The number of rotatable bonds is 10.